The number of rotatable bonds is 1. The van der Waals surface area contributed by atoms with Gasteiger partial charge >= 0.3 is 0 Å². The third-order valence-corrected chi connectivity index (χ3v) is 3.32. The molecule has 3 heterocycles. The van der Waals surface area contributed by atoms with Crippen LogP contribution < -0.4 is 5.56 Å². The first kappa shape index (κ1) is 9.23. The van der Waals surface area contributed by atoms with Gasteiger partial charge in [0.2, 0.25) is 0 Å². The highest BCUT2D eigenvalue weighted by atomic mass is 32.1. The first-order valence-corrected chi connectivity index (χ1v) is 5.51. The number of fused-ring (bicyclic) bond motifs is 1. The van der Waals surface area contributed by atoms with Crippen LogP contribution in [0.25, 0.3) is 15.9 Å². The van der Waals surface area contributed by atoms with Gasteiger partial charge in [-0.3, -0.25) is 9.78 Å². The summed E-state index contributed by atoms with van der Waals surface area (Å²) in [6, 6.07) is 7.17. The van der Waals surface area contributed by atoms with E-state index in [4.69, 9.17) is 0 Å². The van der Waals surface area contributed by atoms with Crippen molar-refractivity contribution in [2.45, 2.75) is 0 Å². The van der Waals surface area contributed by atoms with E-state index in [1.807, 2.05) is 0 Å². The second-order valence-electron chi connectivity index (χ2n) is 3.25. The fraction of sp³-hybridized carbons (Fsp3) is 0. The predicted molar refractivity (Wildman–Crippen MR) is 63.0 cm³/mol. The molecular formula is C11H7N3OS. The normalized spacial score (nSPS) is 10.8. The van der Waals surface area contributed by atoms with Crippen molar-refractivity contribution in [3.05, 3.63) is 53.2 Å². The van der Waals surface area contributed by atoms with Crippen LogP contribution in [0.3, 0.4) is 0 Å². The topological polar surface area (TPSA) is 47.8 Å². The van der Waals surface area contributed by atoms with Gasteiger partial charge in [-0.05, 0) is 35.8 Å². The number of hydrogen-bond donors (Lipinski definition) is 0. The Morgan fingerprint density at radius 2 is 1.94 bits per heavy atom. The van der Waals surface area contributed by atoms with E-state index in [1.165, 1.54) is 11.5 Å². The molecule has 0 radical (unpaired) electrons. The fourth-order valence-corrected chi connectivity index (χ4v) is 2.46. The Hall–Kier alpha value is -2.01. The Bertz CT molecular complexity index is 687. The van der Waals surface area contributed by atoms with Crippen LogP contribution >= 0.6 is 11.5 Å². The summed E-state index contributed by atoms with van der Waals surface area (Å²) in [7, 11) is 0. The zero-order valence-electron chi connectivity index (χ0n) is 8.20. The van der Waals surface area contributed by atoms with Crippen molar-refractivity contribution in [1.82, 2.24) is 13.9 Å². The standard InChI is InChI=1S/C11H7N3OS/c15-11-9-2-1-5-13-10(9)16-14(11)8-3-6-12-7-4-8/h1-7H. The molecule has 0 aromatic carbocycles. The SMILES string of the molecule is O=c1c2cccnc2sn1-c1ccncc1. The molecule has 3 rings (SSSR count). The zero-order chi connectivity index (χ0) is 11.0. The molecule has 0 bridgehead atoms. The van der Waals surface area contributed by atoms with Crippen molar-refractivity contribution in [3.63, 3.8) is 0 Å². The highest BCUT2D eigenvalue weighted by molar-refractivity contribution is 7.13. The van der Waals surface area contributed by atoms with Crippen LogP contribution in [-0.4, -0.2) is 13.9 Å². The van der Waals surface area contributed by atoms with Crippen molar-refractivity contribution in [3.8, 4) is 5.69 Å². The molecule has 0 unspecified atom stereocenters. The Morgan fingerprint density at radius 3 is 2.69 bits per heavy atom. The van der Waals surface area contributed by atoms with E-state index in [1.54, 1.807) is 46.8 Å². The third-order valence-electron chi connectivity index (χ3n) is 2.26. The average molecular weight is 229 g/mol. The molecule has 0 aliphatic heterocycles. The molecule has 0 saturated heterocycles. The maximum Gasteiger partial charge on any atom is 0.274 e. The van der Waals surface area contributed by atoms with Crippen LogP contribution in [0, 0.1) is 0 Å². The number of nitrogens with zero attached hydrogens (tertiary/aromatic N) is 3. The van der Waals surface area contributed by atoms with Gasteiger partial charge in [-0.1, -0.05) is 0 Å². The van der Waals surface area contributed by atoms with E-state index in [9.17, 15) is 4.79 Å². The molecule has 3 aromatic heterocycles. The van der Waals surface area contributed by atoms with Crippen molar-refractivity contribution in [2.75, 3.05) is 0 Å². The summed E-state index contributed by atoms with van der Waals surface area (Å²) in [6.07, 6.45) is 5.02. The molecule has 5 heteroatoms. The monoisotopic (exact) mass is 229 g/mol. The van der Waals surface area contributed by atoms with E-state index >= 15 is 0 Å². The van der Waals surface area contributed by atoms with Crippen LogP contribution in [-0.2, 0) is 0 Å². The van der Waals surface area contributed by atoms with Crippen LogP contribution in [0.15, 0.2) is 47.7 Å². The van der Waals surface area contributed by atoms with Gasteiger partial charge < -0.3 is 0 Å². The summed E-state index contributed by atoms with van der Waals surface area (Å²) in [6.45, 7) is 0. The first-order valence-electron chi connectivity index (χ1n) is 4.74. The molecule has 78 valence electrons. The van der Waals surface area contributed by atoms with E-state index < -0.39 is 0 Å². The maximum absolute atomic E-state index is 12.0. The van der Waals surface area contributed by atoms with Crippen molar-refractivity contribution in [1.29, 1.82) is 0 Å². The Morgan fingerprint density at radius 1 is 1.12 bits per heavy atom. The summed E-state index contributed by atoms with van der Waals surface area (Å²) in [5, 5.41) is 0.657. The quantitative estimate of drug-likeness (QED) is 0.639. The lowest BCUT2D eigenvalue weighted by molar-refractivity contribution is 1.13. The molecule has 0 amide bonds. The second kappa shape index (κ2) is 3.53. The van der Waals surface area contributed by atoms with E-state index in [2.05, 4.69) is 9.97 Å². The molecule has 3 aromatic rings. The van der Waals surface area contributed by atoms with Crippen molar-refractivity contribution in [2.24, 2.45) is 0 Å². The first-order chi connectivity index (χ1) is 7.86. The van der Waals surface area contributed by atoms with E-state index in [-0.39, 0.29) is 5.56 Å². The maximum atomic E-state index is 12.0. The molecule has 16 heavy (non-hydrogen) atoms. The fourth-order valence-electron chi connectivity index (χ4n) is 1.51. The molecule has 0 spiro atoms. The van der Waals surface area contributed by atoms with Crippen LogP contribution in [0.2, 0.25) is 0 Å². The van der Waals surface area contributed by atoms with E-state index in [0.717, 1.165) is 10.5 Å². The van der Waals surface area contributed by atoms with Crippen LogP contribution in [0.4, 0.5) is 0 Å². The minimum Gasteiger partial charge on any atom is -0.267 e. The molecule has 0 fully saturated rings. The molecular weight excluding hydrogens is 222 g/mol. The number of pyridine rings is 2. The average Bonchev–Trinajstić information content (AvgIpc) is 2.69. The van der Waals surface area contributed by atoms with Gasteiger partial charge in [0, 0.05) is 18.6 Å². The summed E-state index contributed by atoms with van der Waals surface area (Å²) in [5.74, 6) is 0. The largest absolute Gasteiger partial charge is 0.274 e. The molecule has 0 N–H and O–H groups in total. The summed E-state index contributed by atoms with van der Waals surface area (Å²) in [5.41, 5.74) is 0.794. The van der Waals surface area contributed by atoms with Gasteiger partial charge in [0.1, 0.15) is 4.83 Å². The van der Waals surface area contributed by atoms with E-state index in [0.29, 0.717) is 5.39 Å². The Labute approximate surface area is 95.0 Å². The summed E-state index contributed by atoms with van der Waals surface area (Å²) < 4.78 is 1.62. The summed E-state index contributed by atoms with van der Waals surface area (Å²) in [4.78, 5) is 20.9. The third kappa shape index (κ3) is 1.33. The molecule has 0 saturated carbocycles. The Kier molecular flexibility index (Phi) is 2.04. The smallest absolute Gasteiger partial charge is 0.267 e. The lowest BCUT2D eigenvalue weighted by Gasteiger charge is -1.96. The van der Waals surface area contributed by atoms with Gasteiger partial charge in [-0.2, -0.15) is 0 Å². The number of hydrogen-bond acceptors (Lipinski definition) is 4. The lowest BCUT2D eigenvalue weighted by atomic mass is 10.3. The lowest BCUT2D eigenvalue weighted by Crippen LogP contribution is -2.10. The molecule has 0 aliphatic rings. The highest BCUT2D eigenvalue weighted by Gasteiger charge is 2.08. The summed E-state index contributed by atoms with van der Waals surface area (Å²) >= 11 is 1.34. The van der Waals surface area contributed by atoms with Crippen molar-refractivity contribution < 1.29 is 0 Å². The van der Waals surface area contributed by atoms with Crippen LogP contribution in [0.5, 0.6) is 0 Å². The predicted octanol–water partition coefficient (Wildman–Crippen LogP) is 1.84. The van der Waals surface area contributed by atoms with Gasteiger partial charge in [0.05, 0.1) is 11.1 Å². The minimum absolute atomic E-state index is 0.0284. The Balaban J connectivity index is 2.34. The van der Waals surface area contributed by atoms with Crippen LogP contribution in [0.1, 0.15) is 0 Å². The van der Waals surface area contributed by atoms with Gasteiger partial charge in [-0.15, -0.1) is 0 Å². The van der Waals surface area contributed by atoms with Crippen molar-refractivity contribution >= 4 is 21.7 Å². The molecule has 0 atom stereocenters. The van der Waals surface area contributed by atoms with Gasteiger partial charge in [0.15, 0.2) is 0 Å². The minimum atomic E-state index is -0.0284. The van der Waals surface area contributed by atoms with Gasteiger partial charge in [0.25, 0.3) is 5.56 Å². The molecule has 0 aliphatic carbocycles. The molecule has 4 nitrogen and oxygen atoms in total. The zero-order valence-corrected chi connectivity index (χ0v) is 9.02. The van der Waals surface area contributed by atoms with Gasteiger partial charge in [-0.25, -0.2) is 8.94 Å². The second-order valence-corrected chi connectivity index (χ2v) is 4.19. The number of aromatic nitrogens is 3. The highest BCUT2D eigenvalue weighted by Crippen LogP contribution is 2.16.